The van der Waals surface area contributed by atoms with Gasteiger partial charge in [0.2, 0.25) is 5.78 Å². The van der Waals surface area contributed by atoms with Crippen molar-refractivity contribution in [3.8, 4) is 17.2 Å². The van der Waals surface area contributed by atoms with E-state index < -0.39 is 0 Å². The highest BCUT2D eigenvalue weighted by molar-refractivity contribution is 5.95. The molecule has 7 heteroatoms. The van der Waals surface area contributed by atoms with E-state index in [1.807, 2.05) is 42.5 Å². The zero-order chi connectivity index (χ0) is 21.1. The fourth-order valence-corrected chi connectivity index (χ4v) is 3.44. The van der Waals surface area contributed by atoms with Gasteiger partial charge in [-0.25, -0.2) is 9.67 Å². The van der Waals surface area contributed by atoms with Crippen LogP contribution in [0.2, 0.25) is 0 Å². The van der Waals surface area contributed by atoms with Crippen molar-refractivity contribution in [1.29, 1.82) is 0 Å². The van der Waals surface area contributed by atoms with Crippen molar-refractivity contribution in [3.05, 3.63) is 65.2 Å². The molecule has 0 amide bonds. The monoisotopic (exact) mass is 407 g/mol. The Morgan fingerprint density at radius 1 is 1.00 bits per heavy atom. The predicted octanol–water partition coefficient (Wildman–Crippen LogP) is 3.66. The summed E-state index contributed by atoms with van der Waals surface area (Å²) < 4.78 is 17.8. The van der Waals surface area contributed by atoms with Crippen LogP contribution in [0.4, 0.5) is 0 Å². The Kier molecular flexibility index (Phi) is 5.70. The molecule has 7 nitrogen and oxygen atoms in total. The lowest BCUT2D eigenvalue weighted by molar-refractivity contribution is 0.0976. The molecule has 2 aromatic carbocycles. The Hall–Kier alpha value is -3.35. The molecule has 1 aliphatic rings. The SMILES string of the molecule is COc1ccc(Cn2nc(C3CC3)nc2C(=O)Cc2c(OC)cccc2OC)cc1. The van der Waals surface area contributed by atoms with Gasteiger partial charge in [-0.1, -0.05) is 18.2 Å². The normalized spacial score (nSPS) is 13.2. The molecule has 0 radical (unpaired) electrons. The summed E-state index contributed by atoms with van der Waals surface area (Å²) >= 11 is 0. The summed E-state index contributed by atoms with van der Waals surface area (Å²) in [5.74, 6) is 3.37. The van der Waals surface area contributed by atoms with Crippen LogP contribution in [0.5, 0.6) is 17.2 Å². The summed E-state index contributed by atoms with van der Waals surface area (Å²) in [6.07, 6.45) is 2.26. The Bertz CT molecular complexity index is 1020. The third kappa shape index (κ3) is 4.15. The minimum Gasteiger partial charge on any atom is -0.497 e. The largest absolute Gasteiger partial charge is 0.497 e. The summed E-state index contributed by atoms with van der Waals surface area (Å²) in [5.41, 5.74) is 1.73. The first-order valence-electron chi connectivity index (χ1n) is 9.93. The van der Waals surface area contributed by atoms with Crippen LogP contribution in [-0.2, 0) is 13.0 Å². The van der Waals surface area contributed by atoms with E-state index in [1.165, 1.54) is 0 Å². The Balaban J connectivity index is 1.63. The smallest absolute Gasteiger partial charge is 0.204 e. The number of carbonyl (C=O) groups is 1. The zero-order valence-electron chi connectivity index (χ0n) is 17.4. The van der Waals surface area contributed by atoms with Crippen LogP contribution in [0.15, 0.2) is 42.5 Å². The third-order valence-corrected chi connectivity index (χ3v) is 5.24. The standard InChI is InChI=1S/C23H25N3O4/c1-28-17-11-7-15(8-12-17)14-26-23(24-22(25-26)16-9-10-16)19(27)13-18-20(29-2)5-4-6-21(18)30-3/h4-8,11-12,16H,9-10,13-14H2,1-3H3. The van der Waals surface area contributed by atoms with Crippen LogP contribution < -0.4 is 14.2 Å². The highest BCUT2D eigenvalue weighted by Crippen LogP contribution is 2.38. The van der Waals surface area contributed by atoms with Gasteiger partial charge in [-0.3, -0.25) is 4.79 Å². The molecule has 1 aliphatic carbocycles. The van der Waals surface area contributed by atoms with Crippen molar-refractivity contribution in [2.24, 2.45) is 0 Å². The van der Waals surface area contributed by atoms with Crippen molar-refractivity contribution >= 4 is 5.78 Å². The van der Waals surface area contributed by atoms with Gasteiger partial charge < -0.3 is 14.2 Å². The molecule has 0 saturated heterocycles. The first-order valence-corrected chi connectivity index (χ1v) is 9.93. The topological polar surface area (TPSA) is 75.5 Å². The van der Waals surface area contributed by atoms with E-state index in [4.69, 9.17) is 14.2 Å². The lowest BCUT2D eigenvalue weighted by Gasteiger charge is -2.12. The van der Waals surface area contributed by atoms with Crippen LogP contribution in [0.25, 0.3) is 0 Å². The van der Waals surface area contributed by atoms with Crippen molar-refractivity contribution in [2.75, 3.05) is 21.3 Å². The maximum atomic E-state index is 13.3. The highest BCUT2D eigenvalue weighted by atomic mass is 16.5. The third-order valence-electron chi connectivity index (χ3n) is 5.24. The fraction of sp³-hybridized carbons (Fsp3) is 0.348. The van der Waals surface area contributed by atoms with Crippen LogP contribution in [0.1, 0.15) is 46.3 Å². The molecule has 1 fully saturated rings. The number of benzene rings is 2. The van der Waals surface area contributed by atoms with Gasteiger partial charge >= 0.3 is 0 Å². The van der Waals surface area contributed by atoms with Crippen LogP contribution in [-0.4, -0.2) is 41.9 Å². The molecule has 1 saturated carbocycles. The second kappa shape index (κ2) is 8.57. The number of carbonyl (C=O) groups excluding carboxylic acids is 1. The first-order chi connectivity index (χ1) is 14.6. The molecule has 156 valence electrons. The van der Waals surface area contributed by atoms with Crippen molar-refractivity contribution < 1.29 is 19.0 Å². The van der Waals surface area contributed by atoms with Gasteiger partial charge in [0.05, 0.1) is 27.9 Å². The Morgan fingerprint density at radius 2 is 1.67 bits per heavy atom. The van der Waals surface area contributed by atoms with Gasteiger partial charge in [-0.05, 0) is 42.7 Å². The molecular formula is C23H25N3O4. The quantitative estimate of drug-likeness (QED) is 0.504. The van der Waals surface area contributed by atoms with E-state index in [0.717, 1.165) is 30.0 Å². The minimum absolute atomic E-state index is 0.120. The molecule has 0 aliphatic heterocycles. The molecule has 0 spiro atoms. The summed E-state index contributed by atoms with van der Waals surface area (Å²) in [6.45, 7) is 0.466. The molecule has 0 unspecified atom stereocenters. The molecule has 1 aromatic heterocycles. The molecular weight excluding hydrogens is 382 g/mol. The van der Waals surface area contributed by atoms with Crippen LogP contribution in [0, 0.1) is 0 Å². The van der Waals surface area contributed by atoms with E-state index in [-0.39, 0.29) is 12.2 Å². The summed E-state index contributed by atoms with van der Waals surface area (Å²) in [4.78, 5) is 17.9. The number of aromatic nitrogens is 3. The first kappa shape index (κ1) is 19.9. The molecule has 30 heavy (non-hydrogen) atoms. The van der Waals surface area contributed by atoms with E-state index in [9.17, 15) is 4.79 Å². The highest BCUT2D eigenvalue weighted by Gasteiger charge is 2.30. The Morgan fingerprint density at radius 3 is 2.23 bits per heavy atom. The number of ketones is 1. The van der Waals surface area contributed by atoms with Crippen LogP contribution >= 0.6 is 0 Å². The van der Waals surface area contributed by atoms with Crippen LogP contribution in [0.3, 0.4) is 0 Å². The zero-order valence-corrected chi connectivity index (χ0v) is 17.4. The number of rotatable bonds is 9. The molecule has 3 aromatic rings. The molecule has 0 atom stereocenters. The average molecular weight is 407 g/mol. The van der Waals surface area contributed by atoms with Gasteiger partial charge in [0.25, 0.3) is 0 Å². The molecule has 1 heterocycles. The predicted molar refractivity (Wildman–Crippen MR) is 112 cm³/mol. The van der Waals surface area contributed by atoms with Crippen molar-refractivity contribution in [3.63, 3.8) is 0 Å². The number of methoxy groups -OCH3 is 3. The van der Waals surface area contributed by atoms with Gasteiger partial charge in [0.1, 0.15) is 17.2 Å². The van der Waals surface area contributed by atoms with E-state index in [2.05, 4.69) is 10.1 Å². The second-order valence-electron chi connectivity index (χ2n) is 7.31. The lowest BCUT2D eigenvalue weighted by atomic mass is 10.1. The molecule has 0 bridgehead atoms. The second-order valence-corrected chi connectivity index (χ2v) is 7.31. The minimum atomic E-state index is -0.120. The molecule has 0 N–H and O–H groups in total. The Labute approximate surface area is 175 Å². The number of hydrogen-bond acceptors (Lipinski definition) is 6. The lowest BCUT2D eigenvalue weighted by Crippen LogP contribution is -2.15. The van der Waals surface area contributed by atoms with Gasteiger partial charge in [-0.15, -0.1) is 0 Å². The summed E-state index contributed by atoms with van der Waals surface area (Å²) in [7, 11) is 4.80. The number of ether oxygens (including phenoxy) is 3. The van der Waals surface area contributed by atoms with Crippen molar-refractivity contribution in [1.82, 2.24) is 14.8 Å². The summed E-state index contributed by atoms with van der Waals surface area (Å²) in [5, 5.41) is 4.65. The van der Waals surface area contributed by atoms with Gasteiger partial charge in [0, 0.05) is 17.9 Å². The van der Waals surface area contributed by atoms with E-state index >= 15 is 0 Å². The maximum Gasteiger partial charge on any atom is 0.204 e. The van der Waals surface area contributed by atoms with Gasteiger partial charge in [0.15, 0.2) is 11.6 Å². The maximum absolute atomic E-state index is 13.3. The summed E-state index contributed by atoms with van der Waals surface area (Å²) in [6, 6.07) is 13.2. The number of hydrogen-bond donors (Lipinski definition) is 0. The van der Waals surface area contributed by atoms with Crippen molar-refractivity contribution in [2.45, 2.75) is 31.7 Å². The molecule has 4 rings (SSSR count). The van der Waals surface area contributed by atoms with E-state index in [0.29, 0.717) is 35.3 Å². The van der Waals surface area contributed by atoms with E-state index in [1.54, 1.807) is 26.0 Å². The fourth-order valence-electron chi connectivity index (χ4n) is 3.44. The number of Topliss-reactive ketones (excluding diaryl/α,β-unsaturated/α-hetero) is 1. The number of nitrogens with zero attached hydrogens (tertiary/aromatic N) is 3. The average Bonchev–Trinajstić information content (AvgIpc) is 3.54. The van der Waals surface area contributed by atoms with Gasteiger partial charge in [-0.2, -0.15) is 5.10 Å².